The molecule has 0 aliphatic carbocycles. The third kappa shape index (κ3) is 12.3. The van der Waals surface area contributed by atoms with E-state index < -0.39 is 35.4 Å². The van der Waals surface area contributed by atoms with Crippen LogP contribution in [0.25, 0.3) is 0 Å². The molecule has 280 valence electrons. The van der Waals surface area contributed by atoms with E-state index in [-0.39, 0.29) is 11.5 Å². The minimum atomic E-state index is -4.17. The molecule has 0 atom stereocenters. The van der Waals surface area contributed by atoms with Crippen LogP contribution in [0, 0.1) is 0 Å². The number of rotatable bonds is 11. The van der Waals surface area contributed by atoms with Crippen LogP contribution in [-0.2, 0) is 24.4 Å². The Morgan fingerprint density at radius 3 is 1.17 bits per heavy atom. The summed E-state index contributed by atoms with van der Waals surface area (Å²) in [5.74, 6) is -0.0988. The molecule has 10 heteroatoms. The maximum atomic E-state index is 11.0. The summed E-state index contributed by atoms with van der Waals surface area (Å²) in [5.41, 5.74) is 0. The van der Waals surface area contributed by atoms with Gasteiger partial charge in [0.05, 0.1) is 28.6 Å². The SMILES string of the molecule is O=S(=O)([O-])CCCC[P+](c1ccccc1)(c1ccccc1)c1ccccc1.O=S1(=O)CCCCO1.c1ccc(P(c2ccccc2)c2ccccc2)cc1. The third-order valence-electron chi connectivity index (χ3n) is 8.82. The van der Waals surface area contributed by atoms with Crippen LogP contribution in [0.3, 0.4) is 0 Å². The fourth-order valence-electron chi connectivity index (χ4n) is 6.31. The largest absolute Gasteiger partial charge is 0.748 e. The Morgan fingerprint density at radius 1 is 0.537 bits per heavy atom. The van der Waals surface area contributed by atoms with E-state index in [1.807, 2.05) is 18.2 Å². The van der Waals surface area contributed by atoms with Crippen LogP contribution >= 0.6 is 15.2 Å². The first-order chi connectivity index (χ1) is 26.2. The number of hydrogen-bond donors (Lipinski definition) is 0. The van der Waals surface area contributed by atoms with Gasteiger partial charge in [-0.05, 0) is 85.9 Å². The highest BCUT2D eigenvalue weighted by molar-refractivity contribution is 7.95. The average Bonchev–Trinajstić information content (AvgIpc) is 3.20. The predicted octanol–water partition coefficient (Wildman–Crippen LogP) is 6.88. The molecule has 0 N–H and O–H groups in total. The van der Waals surface area contributed by atoms with Gasteiger partial charge in [-0.1, -0.05) is 146 Å². The Hall–Kier alpha value is -4.00. The van der Waals surface area contributed by atoms with Crippen molar-refractivity contribution in [1.82, 2.24) is 0 Å². The van der Waals surface area contributed by atoms with E-state index in [4.69, 9.17) is 0 Å². The number of unbranched alkanes of at least 4 members (excludes halogenated alkanes) is 1. The number of hydrogen-bond acceptors (Lipinski definition) is 6. The molecule has 0 spiro atoms. The molecule has 6 nitrogen and oxygen atoms in total. The van der Waals surface area contributed by atoms with Crippen molar-refractivity contribution < 1.29 is 25.6 Å². The zero-order valence-corrected chi connectivity index (χ0v) is 33.6. The molecule has 1 aliphatic heterocycles. The van der Waals surface area contributed by atoms with Gasteiger partial charge in [0.1, 0.15) is 23.2 Å². The van der Waals surface area contributed by atoms with Crippen LogP contribution < -0.4 is 31.8 Å². The molecule has 6 aromatic rings. The topological polar surface area (TPSA) is 101 Å². The summed E-state index contributed by atoms with van der Waals surface area (Å²) >= 11 is 0. The lowest BCUT2D eigenvalue weighted by atomic mass is 10.3. The van der Waals surface area contributed by atoms with E-state index >= 15 is 0 Å². The lowest BCUT2D eigenvalue weighted by molar-refractivity contribution is 0.292. The van der Waals surface area contributed by atoms with E-state index in [9.17, 15) is 21.4 Å². The first-order valence-corrected chi connectivity index (χ1v) is 24.5. The smallest absolute Gasteiger partial charge is 0.267 e. The van der Waals surface area contributed by atoms with Crippen molar-refractivity contribution in [3.63, 3.8) is 0 Å². The molecule has 0 aromatic heterocycles. The monoisotopic (exact) mass is 796 g/mol. The molecule has 0 radical (unpaired) electrons. The van der Waals surface area contributed by atoms with Crippen molar-refractivity contribution in [1.29, 1.82) is 0 Å². The van der Waals surface area contributed by atoms with Gasteiger partial charge in [-0.2, -0.15) is 8.42 Å². The minimum absolute atomic E-state index is 0.201. The second-order valence-corrected chi connectivity index (χ2v) is 21.8. The molecule has 7 rings (SSSR count). The van der Waals surface area contributed by atoms with Gasteiger partial charge in [-0.25, -0.2) is 8.42 Å². The molecule has 0 amide bonds. The highest BCUT2D eigenvalue weighted by atomic mass is 32.2. The molecule has 1 fully saturated rings. The summed E-state index contributed by atoms with van der Waals surface area (Å²) in [5, 5.41) is 8.01. The quantitative estimate of drug-likeness (QED) is 0.0614. The lowest BCUT2D eigenvalue weighted by Gasteiger charge is -2.27. The van der Waals surface area contributed by atoms with Crippen LogP contribution in [0.15, 0.2) is 182 Å². The molecule has 0 unspecified atom stereocenters. The van der Waals surface area contributed by atoms with Crippen molar-refractivity contribution >= 4 is 67.2 Å². The zero-order chi connectivity index (χ0) is 38.1. The lowest BCUT2D eigenvalue weighted by Crippen LogP contribution is -2.33. The van der Waals surface area contributed by atoms with Crippen LogP contribution in [-0.4, -0.2) is 45.7 Å². The molecular formula is C44H46O6P2S2. The Labute approximate surface area is 323 Å². The fraction of sp³-hybridized carbons (Fsp3) is 0.182. The van der Waals surface area contributed by atoms with Crippen molar-refractivity contribution in [2.75, 3.05) is 24.3 Å². The summed E-state index contributed by atoms with van der Waals surface area (Å²) in [6, 6.07) is 63.7. The van der Waals surface area contributed by atoms with Gasteiger partial charge in [0.2, 0.25) is 0 Å². The maximum Gasteiger partial charge on any atom is 0.267 e. The first-order valence-electron chi connectivity index (χ1n) is 18.0. The zero-order valence-electron chi connectivity index (χ0n) is 30.1. The highest BCUT2D eigenvalue weighted by Crippen LogP contribution is 2.55. The van der Waals surface area contributed by atoms with Crippen LogP contribution in [0.2, 0.25) is 0 Å². The van der Waals surface area contributed by atoms with Gasteiger partial charge in [0, 0.05) is 5.75 Å². The maximum absolute atomic E-state index is 11.0. The van der Waals surface area contributed by atoms with Crippen molar-refractivity contribution in [3.05, 3.63) is 182 Å². The van der Waals surface area contributed by atoms with Crippen molar-refractivity contribution in [2.45, 2.75) is 25.7 Å². The third-order valence-corrected chi connectivity index (χ3v) is 17.9. The van der Waals surface area contributed by atoms with Gasteiger partial charge in [0.25, 0.3) is 10.1 Å². The van der Waals surface area contributed by atoms with E-state index in [1.165, 1.54) is 31.8 Å². The molecule has 0 bridgehead atoms. The molecule has 0 saturated carbocycles. The molecule has 1 heterocycles. The second-order valence-electron chi connectivity index (χ2n) is 12.6. The predicted molar refractivity (Wildman–Crippen MR) is 228 cm³/mol. The molecule has 1 saturated heterocycles. The summed E-state index contributed by atoms with van der Waals surface area (Å²) in [6.07, 6.45) is 3.54. The van der Waals surface area contributed by atoms with E-state index in [0.29, 0.717) is 19.4 Å². The van der Waals surface area contributed by atoms with Gasteiger partial charge in [0.15, 0.2) is 0 Å². The summed E-state index contributed by atoms with van der Waals surface area (Å²) < 4.78 is 58.4. The Morgan fingerprint density at radius 2 is 0.889 bits per heavy atom. The van der Waals surface area contributed by atoms with E-state index in [2.05, 4.69) is 168 Å². The molecule has 6 aromatic carbocycles. The summed E-state index contributed by atoms with van der Waals surface area (Å²) in [4.78, 5) is 0. The molecule has 1 aliphatic rings. The average molecular weight is 797 g/mol. The summed E-state index contributed by atoms with van der Waals surface area (Å²) in [7, 11) is -9.63. The standard InChI is InChI=1S/C22H23O3PS.C18H15P.C4H8O3S/c23-27(24,25)19-11-10-18-26(20-12-4-1-5-13-20,21-14-6-2-7-15-21)22-16-8-3-9-17-22;1-4-10-16(11-5-1)19(17-12-6-2-7-13-17)18-14-8-3-9-15-18;5-8(6)4-2-1-3-7-8/h1-9,12-17H,10-11,18-19H2;1-15H;1-4H2. The van der Waals surface area contributed by atoms with E-state index in [0.717, 1.165) is 19.0 Å². The van der Waals surface area contributed by atoms with Crippen molar-refractivity contribution in [3.8, 4) is 0 Å². The van der Waals surface area contributed by atoms with Gasteiger partial charge < -0.3 is 4.55 Å². The Kier molecular flexibility index (Phi) is 15.7. The molecule has 54 heavy (non-hydrogen) atoms. The van der Waals surface area contributed by atoms with Crippen molar-refractivity contribution in [2.24, 2.45) is 0 Å². The normalized spacial score (nSPS) is 13.8. The van der Waals surface area contributed by atoms with Gasteiger partial charge in [-0.15, -0.1) is 0 Å². The van der Waals surface area contributed by atoms with Gasteiger partial charge >= 0.3 is 0 Å². The fourth-order valence-corrected chi connectivity index (χ4v) is 14.6. The summed E-state index contributed by atoms with van der Waals surface area (Å²) in [6.45, 7) is 0.377. The Bertz CT molecular complexity index is 1970. The van der Waals surface area contributed by atoms with Crippen LogP contribution in [0.1, 0.15) is 25.7 Å². The second kappa shape index (κ2) is 20.6. The highest BCUT2D eigenvalue weighted by Gasteiger charge is 2.44. The molecular weight excluding hydrogens is 751 g/mol. The Balaban J connectivity index is 0.000000179. The van der Waals surface area contributed by atoms with Gasteiger partial charge in [-0.3, -0.25) is 4.18 Å². The minimum Gasteiger partial charge on any atom is -0.748 e. The van der Waals surface area contributed by atoms with Crippen LogP contribution in [0.5, 0.6) is 0 Å². The number of benzene rings is 6. The first kappa shape index (κ1) is 41.2. The van der Waals surface area contributed by atoms with E-state index in [1.54, 1.807) is 0 Å². The van der Waals surface area contributed by atoms with Crippen LogP contribution in [0.4, 0.5) is 0 Å².